The Morgan fingerprint density at radius 2 is 1.80 bits per heavy atom. The Morgan fingerprint density at radius 3 is 2.45 bits per heavy atom. The van der Waals surface area contributed by atoms with Gasteiger partial charge in [-0.1, -0.05) is 0 Å². The number of aromatic amines is 1. The second kappa shape index (κ2) is 12.1. The van der Waals surface area contributed by atoms with E-state index in [2.05, 4.69) is 20.8 Å². The number of amides is 2. The van der Waals surface area contributed by atoms with Crippen LogP contribution < -0.4 is 16.2 Å². The zero-order valence-corrected chi connectivity index (χ0v) is 24.2. The van der Waals surface area contributed by atoms with Crippen molar-refractivity contribution in [1.29, 1.82) is 0 Å². The summed E-state index contributed by atoms with van der Waals surface area (Å²) < 4.78 is 27.6. The van der Waals surface area contributed by atoms with Crippen LogP contribution in [0.25, 0.3) is 16.7 Å². The lowest BCUT2D eigenvalue weighted by molar-refractivity contribution is -0.155. The number of esters is 1. The van der Waals surface area contributed by atoms with Crippen LogP contribution in [0.1, 0.15) is 60.8 Å². The third kappa shape index (κ3) is 8.10. The number of aromatic nitrogens is 4. The molecule has 0 bridgehead atoms. The number of benzene rings is 1. The number of aryl methyl sites for hydroxylation is 1. The highest BCUT2D eigenvalue weighted by atomic mass is 32.1. The highest BCUT2D eigenvalue weighted by molar-refractivity contribution is 7.71. The van der Waals surface area contributed by atoms with Crippen LogP contribution in [-0.4, -0.2) is 60.9 Å². The van der Waals surface area contributed by atoms with Gasteiger partial charge in [-0.3, -0.25) is 23.4 Å². The third-order valence-electron chi connectivity index (χ3n) is 5.49. The number of carbonyl (C=O) groups excluding carboxylic acids is 3. The molecule has 0 saturated carbocycles. The Hall–Kier alpha value is -3.81. The number of carbonyl (C=O) groups is 3. The van der Waals surface area contributed by atoms with Gasteiger partial charge in [-0.05, 0) is 84.8 Å². The van der Waals surface area contributed by atoms with E-state index in [9.17, 15) is 23.6 Å². The van der Waals surface area contributed by atoms with Gasteiger partial charge in [-0.15, -0.1) is 5.10 Å². The SMILES string of the molecule is CC(C)(C)OC(=O)CC[C@H](NC(=O)OC(C)(C)C)C(=O)NCCCn1c(=O)c2cc(F)ccc2n2c(=S)[nH]nc12. The second-order valence-electron chi connectivity index (χ2n) is 11.3. The Kier molecular flexibility index (Phi) is 9.33. The first-order valence-electron chi connectivity index (χ1n) is 12.8. The summed E-state index contributed by atoms with van der Waals surface area (Å²) in [4.78, 5) is 50.6. The smallest absolute Gasteiger partial charge is 0.408 e. The molecule has 2 aromatic heterocycles. The van der Waals surface area contributed by atoms with Gasteiger partial charge >= 0.3 is 12.1 Å². The number of H-pyrrole nitrogens is 1. The highest BCUT2D eigenvalue weighted by Gasteiger charge is 2.26. The molecule has 14 heteroatoms. The Morgan fingerprint density at radius 1 is 1.12 bits per heavy atom. The molecule has 40 heavy (non-hydrogen) atoms. The fourth-order valence-corrected chi connectivity index (χ4v) is 4.17. The fraction of sp³-hybridized carbons (Fsp3) is 0.538. The Balaban J connectivity index is 1.70. The van der Waals surface area contributed by atoms with Crippen LogP contribution in [-0.2, 0) is 25.6 Å². The maximum atomic E-state index is 13.9. The Bertz CT molecular complexity index is 1530. The number of fused-ring (bicyclic) bond motifs is 3. The van der Waals surface area contributed by atoms with Gasteiger partial charge in [0.05, 0.1) is 10.9 Å². The maximum Gasteiger partial charge on any atom is 0.408 e. The molecule has 0 aliphatic heterocycles. The van der Waals surface area contributed by atoms with Crippen molar-refractivity contribution in [2.24, 2.45) is 0 Å². The van der Waals surface area contributed by atoms with Crippen molar-refractivity contribution in [3.63, 3.8) is 0 Å². The van der Waals surface area contributed by atoms with E-state index in [0.717, 1.165) is 6.07 Å². The molecule has 3 aromatic rings. The molecular formula is C26H35FN6O6S. The van der Waals surface area contributed by atoms with Gasteiger partial charge in [-0.2, -0.15) is 0 Å². The molecule has 2 amide bonds. The number of rotatable bonds is 9. The number of hydrogen-bond donors (Lipinski definition) is 3. The molecular weight excluding hydrogens is 543 g/mol. The zero-order chi connectivity index (χ0) is 29.8. The molecule has 218 valence electrons. The fourth-order valence-electron chi connectivity index (χ4n) is 3.94. The molecule has 0 unspecified atom stereocenters. The quantitative estimate of drug-likeness (QED) is 0.199. The van der Waals surface area contributed by atoms with Crippen molar-refractivity contribution in [3.8, 4) is 0 Å². The summed E-state index contributed by atoms with van der Waals surface area (Å²) in [6, 6.07) is 2.77. The summed E-state index contributed by atoms with van der Waals surface area (Å²) in [5.41, 5.74) is -1.51. The van der Waals surface area contributed by atoms with Crippen molar-refractivity contribution in [3.05, 3.63) is 39.1 Å². The molecule has 2 heterocycles. The van der Waals surface area contributed by atoms with Gasteiger partial charge in [0.2, 0.25) is 16.5 Å². The number of alkyl carbamates (subject to hydrolysis) is 1. The lowest BCUT2D eigenvalue weighted by atomic mass is 10.1. The van der Waals surface area contributed by atoms with E-state index in [0.29, 0.717) is 11.9 Å². The molecule has 0 spiro atoms. The predicted molar refractivity (Wildman–Crippen MR) is 148 cm³/mol. The van der Waals surface area contributed by atoms with Crippen molar-refractivity contribution in [1.82, 2.24) is 29.8 Å². The number of halogens is 1. The monoisotopic (exact) mass is 578 g/mol. The summed E-state index contributed by atoms with van der Waals surface area (Å²) in [7, 11) is 0. The molecule has 0 aliphatic carbocycles. The van der Waals surface area contributed by atoms with Crippen molar-refractivity contribution >= 4 is 46.9 Å². The minimum absolute atomic E-state index is 0.0121. The molecule has 12 nitrogen and oxygen atoms in total. The molecule has 1 atom stereocenters. The summed E-state index contributed by atoms with van der Waals surface area (Å²) in [5, 5.41) is 12.2. The van der Waals surface area contributed by atoms with Gasteiger partial charge < -0.3 is 20.1 Å². The molecule has 3 rings (SSSR count). The van der Waals surface area contributed by atoms with Crippen LogP contribution >= 0.6 is 12.2 Å². The van der Waals surface area contributed by atoms with E-state index in [1.165, 1.54) is 16.7 Å². The average Bonchev–Trinajstić information content (AvgIpc) is 3.20. The third-order valence-corrected chi connectivity index (χ3v) is 5.77. The standard InChI is InChI=1S/C26H35FN6O6S/c1-25(2,3)38-19(34)11-9-17(29-24(37)39-26(4,5)6)20(35)28-12-7-13-32-21(36)16-14-15(27)8-10-18(16)33-22(32)30-31-23(33)40/h8,10,14,17H,7,9,11-13H2,1-6H3,(H,28,35)(H,29,37)(H,31,40)/t17-/m0/s1. The summed E-state index contributed by atoms with van der Waals surface area (Å²) in [6.07, 6.45) is -0.620. The summed E-state index contributed by atoms with van der Waals surface area (Å²) >= 11 is 5.29. The normalized spacial score (nSPS) is 12.8. The lowest BCUT2D eigenvalue weighted by Crippen LogP contribution is -2.48. The van der Waals surface area contributed by atoms with Crippen LogP contribution in [0.4, 0.5) is 9.18 Å². The molecule has 0 aliphatic rings. The van der Waals surface area contributed by atoms with Crippen LogP contribution in [0.15, 0.2) is 23.0 Å². The first kappa shape index (κ1) is 30.7. The van der Waals surface area contributed by atoms with Crippen LogP contribution in [0, 0.1) is 10.6 Å². The maximum absolute atomic E-state index is 13.9. The Labute approximate surface area is 235 Å². The topological polar surface area (TPSA) is 149 Å². The average molecular weight is 579 g/mol. The zero-order valence-electron chi connectivity index (χ0n) is 23.4. The van der Waals surface area contributed by atoms with E-state index in [1.54, 1.807) is 45.9 Å². The van der Waals surface area contributed by atoms with Crippen molar-refractivity contribution in [2.75, 3.05) is 6.54 Å². The van der Waals surface area contributed by atoms with Crippen LogP contribution in [0.3, 0.4) is 0 Å². The number of ether oxygens (including phenoxy) is 2. The predicted octanol–water partition coefficient (Wildman–Crippen LogP) is 3.37. The first-order chi connectivity index (χ1) is 18.6. The first-order valence-corrected chi connectivity index (χ1v) is 13.2. The lowest BCUT2D eigenvalue weighted by Gasteiger charge is -2.24. The minimum atomic E-state index is -1.06. The molecule has 0 radical (unpaired) electrons. The largest absolute Gasteiger partial charge is 0.460 e. The van der Waals surface area contributed by atoms with Crippen LogP contribution in [0.2, 0.25) is 0 Å². The van der Waals surface area contributed by atoms with Gasteiger partial charge in [0.25, 0.3) is 5.56 Å². The number of hydrogen-bond acceptors (Lipinski definition) is 8. The molecule has 3 N–H and O–H groups in total. The number of nitrogens with zero attached hydrogens (tertiary/aromatic N) is 3. The van der Waals surface area contributed by atoms with Gasteiger partial charge in [0.1, 0.15) is 23.1 Å². The van der Waals surface area contributed by atoms with E-state index >= 15 is 0 Å². The second-order valence-corrected chi connectivity index (χ2v) is 11.6. The highest BCUT2D eigenvalue weighted by Crippen LogP contribution is 2.15. The molecule has 1 aromatic carbocycles. The molecule has 0 fully saturated rings. The van der Waals surface area contributed by atoms with Crippen LogP contribution in [0.5, 0.6) is 0 Å². The van der Waals surface area contributed by atoms with Crippen molar-refractivity contribution < 1.29 is 28.2 Å². The van der Waals surface area contributed by atoms with Gasteiger partial charge in [0.15, 0.2) is 0 Å². The molecule has 0 saturated heterocycles. The summed E-state index contributed by atoms with van der Waals surface area (Å²) in [5.74, 6) is -1.35. The van der Waals surface area contributed by atoms with Crippen molar-refractivity contribution in [2.45, 2.75) is 84.6 Å². The van der Waals surface area contributed by atoms with E-state index < -0.39 is 46.6 Å². The summed E-state index contributed by atoms with van der Waals surface area (Å²) in [6.45, 7) is 10.5. The van der Waals surface area contributed by atoms with E-state index in [-0.39, 0.29) is 41.9 Å². The van der Waals surface area contributed by atoms with E-state index in [4.69, 9.17) is 21.7 Å². The minimum Gasteiger partial charge on any atom is -0.460 e. The van der Waals surface area contributed by atoms with Gasteiger partial charge in [-0.25, -0.2) is 14.3 Å². The van der Waals surface area contributed by atoms with E-state index in [1.807, 2.05) is 0 Å². The van der Waals surface area contributed by atoms with Gasteiger partial charge in [0, 0.05) is 19.5 Å². The number of nitrogens with one attached hydrogen (secondary N) is 3.